The fraction of sp³-hybridized carbons (Fsp3) is 0.909. The van der Waals surface area contributed by atoms with Gasteiger partial charge in [0.25, 0.3) is 5.96 Å². The first-order valence-electron chi connectivity index (χ1n) is 6.83. The molecule has 0 aliphatic rings. The highest BCUT2D eigenvalue weighted by Crippen LogP contribution is 2.74. The van der Waals surface area contributed by atoms with Crippen molar-refractivity contribution in [2.75, 3.05) is 34.7 Å². The zero-order valence-electron chi connectivity index (χ0n) is 14.7. The van der Waals surface area contributed by atoms with Gasteiger partial charge in [0.1, 0.15) is 0 Å². The van der Waals surface area contributed by atoms with Crippen LogP contribution in [0.3, 0.4) is 0 Å². The molecular formula is C11H19F10N3O2P+. The monoisotopic (exact) mass is 446 g/mol. The minimum atomic E-state index is -8.26. The second-order valence-electron chi connectivity index (χ2n) is 5.35. The maximum absolute atomic E-state index is 12.1. The van der Waals surface area contributed by atoms with Gasteiger partial charge in [-0.25, -0.2) is 4.99 Å². The molecule has 0 fully saturated rings. The highest BCUT2D eigenvalue weighted by atomic mass is 31.2. The summed E-state index contributed by atoms with van der Waals surface area (Å²) in [4.78, 5) is 15.5. The van der Waals surface area contributed by atoms with Crippen LogP contribution in [0.1, 0.15) is 6.92 Å². The van der Waals surface area contributed by atoms with Gasteiger partial charge in [-0.1, -0.05) is 0 Å². The van der Waals surface area contributed by atoms with Crippen molar-refractivity contribution in [2.24, 2.45) is 4.99 Å². The maximum Gasteiger partial charge on any atom is 0.463 e. The molecule has 164 valence electrons. The number of guanidine groups is 1. The molecule has 0 amide bonds. The van der Waals surface area contributed by atoms with Gasteiger partial charge < -0.3 is 9.79 Å². The molecule has 0 aromatic carbocycles. The van der Waals surface area contributed by atoms with Crippen LogP contribution in [-0.4, -0.2) is 74.2 Å². The predicted octanol–water partition coefficient (Wildman–Crippen LogP) is 2.64. The Morgan fingerprint density at radius 2 is 1.22 bits per heavy atom. The summed E-state index contributed by atoms with van der Waals surface area (Å²) >= 11 is 0. The van der Waals surface area contributed by atoms with E-state index in [0.717, 1.165) is 12.5 Å². The molecule has 0 radical (unpaired) electrons. The SMILES string of the molecule is CCN=C(N(C)C)[NH+](C)C.O=P(O)(C(F)(F)C(F)(F)F)C(F)(F)C(F)(F)F. The quantitative estimate of drug-likeness (QED) is 0.304. The van der Waals surface area contributed by atoms with E-state index in [2.05, 4.69) is 19.1 Å². The maximum atomic E-state index is 12.1. The zero-order chi connectivity index (χ0) is 22.6. The average Bonchev–Trinajstić information content (AvgIpc) is 2.41. The van der Waals surface area contributed by atoms with E-state index < -0.39 is 31.0 Å². The van der Waals surface area contributed by atoms with Crippen molar-refractivity contribution in [2.45, 2.75) is 30.6 Å². The van der Waals surface area contributed by atoms with E-state index in [9.17, 15) is 48.5 Å². The second-order valence-corrected chi connectivity index (χ2v) is 7.62. The number of halogens is 10. The summed E-state index contributed by atoms with van der Waals surface area (Å²) in [5, 5.41) is 0. The minimum Gasteiger partial charge on any atom is -0.336 e. The number of hydrogen-bond acceptors (Lipinski definition) is 2. The number of rotatable bonds is 3. The van der Waals surface area contributed by atoms with E-state index in [4.69, 9.17) is 4.89 Å². The Balaban J connectivity index is 0. The van der Waals surface area contributed by atoms with Crippen molar-refractivity contribution in [3.8, 4) is 0 Å². The summed E-state index contributed by atoms with van der Waals surface area (Å²) in [7, 11) is -0.0716. The first kappa shape index (κ1) is 28.1. The highest BCUT2D eigenvalue weighted by Gasteiger charge is 2.83. The Hall–Kier alpha value is -1.08. The van der Waals surface area contributed by atoms with Crippen LogP contribution < -0.4 is 4.90 Å². The fourth-order valence-electron chi connectivity index (χ4n) is 1.42. The van der Waals surface area contributed by atoms with Gasteiger partial charge in [-0.15, -0.1) is 0 Å². The fourth-order valence-corrected chi connectivity index (χ4v) is 2.46. The van der Waals surface area contributed by atoms with E-state index in [-0.39, 0.29) is 0 Å². The molecule has 2 N–H and O–H groups in total. The van der Waals surface area contributed by atoms with Crippen molar-refractivity contribution in [1.29, 1.82) is 0 Å². The molecule has 0 bridgehead atoms. The lowest BCUT2D eigenvalue weighted by Gasteiger charge is -2.30. The van der Waals surface area contributed by atoms with Gasteiger partial charge in [-0.3, -0.25) is 9.46 Å². The van der Waals surface area contributed by atoms with Crippen molar-refractivity contribution >= 4 is 13.3 Å². The minimum absolute atomic E-state index is 0.860. The van der Waals surface area contributed by atoms with E-state index in [1.165, 1.54) is 4.90 Å². The van der Waals surface area contributed by atoms with Crippen LogP contribution in [0.4, 0.5) is 43.9 Å². The lowest BCUT2D eigenvalue weighted by Crippen LogP contribution is -3.10. The Labute approximate surface area is 148 Å². The zero-order valence-corrected chi connectivity index (χ0v) is 15.6. The standard InChI is InChI=1S/C7H17N3.C4HF10O2P/c1-6-8-7(9(2)3)10(4)5;5-1(6,7)3(11,12)17(15,16)4(13,14)2(8,9)10/h6H2,1-5H3;(H,15,16)/p+1. The average molecular weight is 446 g/mol. The Kier molecular flexibility index (Phi) is 9.32. The Morgan fingerprint density at radius 3 is 1.33 bits per heavy atom. The number of alkyl halides is 10. The molecule has 5 nitrogen and oxygen atoms in total. The van der Waals surface area contributed by atoms with Crippen molar-refractivity contribution in [3.63, 3.8) is 0 Å². The molecule has 0 unspecified atom stereocenters. The molecule has 0 saturated heterocycles. The molecule has 0 spiro atoms. The molecule has 0 aliphatic heterocycles. The second kappa shape index (κ2) is 8.95. The summed E-state index contributed by atoms with van der Waals surface area (Å²) in [5.41, 5.74) is -14.2. The van der Waals surface area contributed by atoms with Crippen molar-refractivity contribution in [1.82, 2.24) is 4.90 Å². The molecule has 0 saturated carbocycles. The summed E-state index contributed by atoms with van der Waals surface area (Å²) in [6.07, 6.45) is -14.0. The van der Waals surface area contributed by atoms with Crippen LogP contribution in [0, 0.1) is 0 Å². The number of aliphatic imine (C=N–C) groups is 1. The molecule has 0 atom stereocenters. The van der Waals surface area contributed by atoms with Gasteiger partial charge in [0, 0.05) is 20.6 Å². The number of nitrogens with one attached hydrogen (secondary N) is 1. The lowest BCUT2D eigenvalue weighted by atomic mass is 10.7. The van der Waals surface area contributed by atoms with Crippen LogP contribution in [0.2, 0.25) is 0 Å². The Morgan fingerprint density at radius 1 is 0.926 bits per heavy atom. The summed E-state index contributed by atoms with van der Waals surface area (Å²) in [6, 6.07) is 0. The van der Waals surface area contributed by atoms with Crippen LogP contribution in [0.15, 0.2) is 4.99 Å². The van der Waals surface area contributed by atoms with Gasteiger partial charge >= 0.3 is 31.0 Å². The number of nitrogens with zero attached hydrogens (tertiary/aromatic N) is 2. The summed E-state index contributed by atoms with van der Waals surface area (Å²) < 4.78 is 127. The topological polar surface area (TPSA) is 57.3 Å². The molecule has 27 heavy (non-hydrogen) atoms. The van der Waals surface area contributed by atoms with Gasteiger partial charge in [-0.2, -0.15) is 43.9 Å². The summed E-state index contributed by atoms with van der Waals surface area (Å²) in [6.45, 7) is 2.91. The third-order valence-electron chi connectivity index (χ3n) is 2.62. The van der Waals surface area contributed by atoms with Crippen molar-refractivity contribution in [3.05, 3.63) is 0 Å². The number of quaternary nitrogens is 1. The first-order chi connectivity index (χ1) is 11.6. The van der Waals surface area contributed by atoms with Crippen LogP contribution in [-0.2, 0) is 4.57 Å². The normalized spacial score (nSPS) is 14.8. The van der Waals surface area contributed by atoms with E-state index in [0.29, 0.717) is 0 Å². The molecular weight excluding hydrogens is 427 g/mol. The molecule has 0 aromatic heterocycles. The third-order valence-corrected chi connectivity index (χ3v) is 4.65. The molecule has 0 aromatic rings. The Bertz CT molecular complexity index is 518. The molecule has 0 rings (SSSR count). The molecule has 0 heterocycles. The lowest BCUT2D eigenvalue weighted by molar-refractivity contribution is -0.764. The first-order valence-corrected chi connectivity index (χ1v) is 8.49. The van der Waals surface area contributed by atoms with E-state index >= 15 is 0 Å². The largest absolute Gasteiger partial charge is 0.463 e. The van der Waals surface area contributed by atoms with Gasteiger partial charge in [0.15, 0.2) is 0 Å². The van der Waals surface area contributed by atoms with Crippen molar-refractivity contribution < 1.29 is 58.3 Å². The third kappa shape index (κ3) is 6.21. The number of hydrogen-bond donors (Lipinski definition) is 2. The molecule has 0 aliphatic carbocycles. The van der Waals surface area contributed by atoms with Crippen LogP contribution >= 0.6 is 7.37 Å². The van der Waals surface area contributed by atoms with Crippen LogP contribution in [0.5, 0.6) is 0 Å². The van der Waals surface area contributed by atoms with E-state index in [1.54, 1.807) is 0 Å². The van der Waals surface area contributed by atoms with Gasteiger partial charge in [0.05, 0.1) is 14.1 Å². The highest BCUT2D eigenvalue weighted by molar-refractivity contribution is 7.60. The predicted molar refractivity (Wildman–Crippen MR) is 76.3 cm³/mol. The van der Waals surface area contributed by atoms with Gasteiger partial charge in [0.2, 0.25) is 0 Å². The van der Waals surface area contributed by atoms with E-state index in [1.807, 2.05) is 25.9 Å². The van der Waals surface area contributed by atoms with Gasteiger partial charge in [-0.05, 0) is 6.92 Å². The summed E-state index contributed by atoms with van der Waals surface area (Å²) in [5.74, 6) is 1.10. The smallest absolute Gasteiger partial charge is 0.336 e. The van der Waals surface area contributed by atoms with Crippen LogP contribution in [0.25, 0.3) is 0 Å². The molecule has 16 heteroatoms.